The van der Waals surface area contributed by atoms with Crippen molar-refractivity contribution in [3.05, 3.63) is 45.5 Å². The van der Waals surface area contributed by atoms with Gasteiger partial charge in [0.2, 0.25) is 11.8 Å². The first kappa shape index (κ1) is 25.1. The molecule has 8 heteroatoms. The van der Waals surface area contributed by atoms with Gasteiger partial charge in [-0.3, -0.25) is 9.59 Å². The Morgan fingerprint density at radius 1 is 1.20 bits per heavy atom. The topological polar surface area (TPSA) is 113 Å². The lowest BCUT2D eigenvalue weighted by Crippen LogP contribution is -2.38. The summed E-state index contributed by atoms with van der Waals surface area (Å²) in [6.07, 6.45) is 3.47. The number of aromatic hydroxyl groups is 1. The molecule has 1 aliphatic carbocycles. The fraction of sp³-hybridized carbons (Fsp3) is 0.519. The molecule has 2 heterocycles. The highest BCUT2D eigenvalue weighted by atomic mass is 16.5. The number of nitrogens with zero attached hydrogens (tertiary/aromatic N) is 1. The minimum absolute atomic E-state index is 0.211. The number of imide groups is 3. The van der Waals surface area contributed by atoms with Crippen molar-refractivity contribution < 1.29 is 34.1 Å². The zero-order chi connectivity index (χ0) is 25.4. The zero-order valence-corrected chi connectivity index (χ0v) is 20.7. The highest BCUT2D eigenvalue weighted by molar-refractivity contribution is 6.16. The van der Waals surface area contributed by atoms with E-state index < -0.39 is 29.7 Å². The third kappa shape index (κ3) is 4.41. The Morgan fingerprint density at radius 3 is 2.49 bits per heavy atom. The quantitative estimate of drug-likeness (QED) is 0.469. The summed E-state index contributed by atoms with van der Waals surface area (Å²) in [6.45, 7) is 5.93. The van der Waals surface area contributed by atoms with Crippen LogP contribution in [0.1, 0.15) is 49.3 Å². The van der Waals surface area contributed by atoms with Crippen LogP contribution in [0, 0.1) is 31.6 Å². The molecule has 0 saturated carbocycles. The maximum atomic E-state index is 13.0. The molecule has 0 spiro atoms. The standard InChI is InChI=1S/C27H33NO7/c1-5-16(10-17-8-14(2)24(30)15(3)9-17)6-7-21-22-18(12-29)11-19-23(20(22)13-35-21)26(32)28(25(19)31)27(33)34-4/h8-10,19-21,23,29-30H,5-7,11-13H2,1-4H3/b16-10+/t19-,20+,21-,23-/m1/s1. The molecule has 2 fully saturated rings. The third-order valence-corrected chi connectivity index (χ3v) is 7.62. The van der Waals surface area contributed by atoms with Gasteiger partial charge in [-0.15, -0.1) is 0 Å². The van der Waals surface area contributed by atoms with Gasteiger partial charge in [0.05, 0.1) is 38.3 Å². The molecule has 2 saturated heterocycles. The lowest BCUT2D eigenvalue weighted by Gasteiger charge is -2.31. The van der Waals surface area contributed by atoms with E-state index in [4.69, 9.17) is 4.74 Å². The Hall–Kier alpha value is -2.97. The van der Waals surface area contributed by atoms with Crippen molar-refractivity contribution in [1.29, 1.82) is 0 Å². The molecular formula is C27H33NO7. The van der Waals surface area contributed by atoms with E-state index in [-0.39, 0.29) is 31.7 Å². The number of hydrogen-bond donors (Lipinski definition) is 2. The van der Waals surface area contributed by atoms with Crippen LogP contribution in [-0.2, 0) is 19.1 Å². The van der Waals surface area contributed by atoms with E-state index in [9.17, 15) is 24.6 Å². The highest BCUT2D eigenvalue weighted by Crippen LogP contribution is 2.49. The fourth-order valence-electron chi connectivity index (χ4n) is 5.87. The van der Waals surface area contributed by atoms with Gasteiger partial charge in [0.1, 0.15) is 5.75 Å². The van der Waals surface area contributed by atoms with Gasteiger partial charge in [-0.25, -0.2) is 4.79 Å². The average Bonchev–Trinajstić information content (AvgIpc) is 3.37. The summed E-state index contributed by atoms with van der Waals surface area (Å²) in [7, 11) is 1.14. The largest absolute Gasteiger partial charge is 0.507 e. The summed E-state index contributed by atoms with van der Waals surface area (Å²) in [4.78, 5) is 38.5. The number of hydrogen-bond acceptors (Lipinski definition) is 7. The SMILES string of the molecule is CC/C(=C\c1cc(C)c(O)c(C)c1)CC[C@H]1OC[C@H]2C1=C(CO)C[C@H]1C(=O)N(C(=O)OC)C(=O)[C@H]12. The molecule has 1 aromatic rings. The van der Waals surface area contributed by atoms with Crippen molar-refractivity contribution in [3.63, 3.8) is 0 Å². The summed E-state index contributed by atoms with van der Waals surface area (Å²) in [6, 6.07) is 3.92. The summed E-state index contributed by atoms with van der Waals surface area (Å²) >= 11 is 0. The van der Waals surface area contributed by atoms with Crippen LogP contribution in [0.3, 0.4) is 0 Å². The zero-order valence-electron chi connectivity index (χ0n) is 20.7. The number of amides is 3. The molecular weight excluding hydrogens is 450 g/mol. The number of methoxy groups -OCH3 is 1. The molecule has 2 N–H and O–H groups in total. The molecule has 0 unspecified atom stereocenters. The molecule has 0 bridgehead atoms. The molecule has 0 aromatic heterocycles. The van der Waals surface area contributed by atoms with Crippen molar-refractivity contribution in [2.75, 3.05) is 20.3 Å². The van der Waals surface area contributed by atoms with Crippen LogP contribution in [0.2, 0.25) is 0 Å². The highest BCUT2D eigenvalue weighted by Gasteiger charge is 2.58. The molecule has 4 atom stereocenters. The number of aliphatic hydroxyl groups is 1. The van der Waals surface area contributed by atoms with Gasteiger partial charge in [-0.1, -0.05) is 18.6 Å². The fourth-order valence-corrected chi connectivity index (χ4v) is 5.87. The predicted octanol–water partition coefficient (Wildman–Crippen LogP) is 3.66. The molecule has 0 radical (unpaired) electrons. The average molecular weight is 484 g/mol. The van der Waals surface area contributed by atoms with E-state index in [0.717, 1.165) is 47.8 Å². The smallest absolute Gasteiger partial charge is 0.423 e. The number of likely N-dealkylation sites (tertiary alicyclic amines) is 1. The first-order chi connectivity index (χ1) is 16.7. The first-order valence-electron chi connectivity index (χ1n) is 12.1. The monoisotopic (exact) mass is 483 g/mol. The summed E-state index contributed by atoms with van der Waals surface area (Å²) in [5.74, 6) is -2.45. The number of benzene rings is 1. The Bertz CT molecular complexity index is 1100. The minimum Gasteiger partial charge on any atom is -0.507 e. The molecule has 1 aromatic carbocycles. The number of carbonyl (C=O) groups is 3. The number of phenolic OH excluding ortho intramolecular Hbond substituents is 1. The maximum absolute atomic E-state index is 13.0. The number of aliphatic hydroxyl groups excluding tert-OH is 1. The lowest BCUT2D eigenvalue weighted by atomic mass is 9.69. The van der Waals surface area contributed by atoms with Gasteiger partial charge >= 0.3 is 6.09 Å². The number of phenols is 1. The van der Waals surface area contributed by atoms with Crippen molar-refractivity contribution >= 4 is 24.0 Å². The van der Waals surface area contributed by atoms with E-state index in [2.05, 4.69) is 17.7 Å². The van der Waals surface area contributed by atoms with Crippen LogP contribution in [0.15, 0.2) is 28.9 Å². The summed E-state index contributed by atoms with van der Waals surface area (Å²) in [5, 5.41) is 20.1. The second kappa shape index (κ2) is 9.95. The summed E-state index contributed by atoms with van der Waals surface area (Å²) < 4.78 is 10.8. The number of rotatable bonds is 6. The molecule has 4 rings (SSSR count). The lowest BCUT2D eigenvalue weighted by molar-refractivity contribution is -0.137. The molecule has 188 valence electrons. The predicted molar refractivity (Wildman–Crippen MR) is 128 cm³/mol. The molecule has 3 aliphatic rings. The van der Waals surface area contributed by atoms with Crippen LogP contribution in [-0.4, -0.2) is 59.4 Å². The second-order valence-electron chi connectivity index (χ2n) is 9.66. The van der Waals surface area contributed by atoms with Gasteiger partial charge in [-0.05, 0) is 79.5 Å². The van der Waals surface area contributed by atoms with Crippen LogP contribution in [0.4, 0.5) is 4.79 Å². The van der Waals surface area contributed by atoms with Gasteiger partial charge in [0.25, 0.3) is 0 Å². The Kier molecular flexibility index (Phi) is 7.15. The molecule has 3 amide bonds. The van der Waals surface area contributed by atoms with Crippen molar-refractivity contribution in [2.45, 2.75) is 52.6 Å². The van der Waals surface area contributed by atoms with E-state index >= 15 is 0 Å². The van der Waals surface area contributed by atoms with Gasteiger partial charge in [-0.2, -0.15) is 4.90 Å². The maximum Gasteiger partial charge on any atom is 0.423 e. The van der Waals surface area contributed by atoms with Crippen molar-refractivity contribution in [1.82, 2.24) is 4.90 Å². The normalized spacial score (nSPS) is 26.3. The molecule has 35 heavy (non-hydrogen) atoms. The molecule has 8 nitrogen and oxygen atoms in total. The van der Waals surface area contributed by atoms with Gasteiger partial charge < -0.3 is 19.7 Å². The number of aryl methyl sites for hydroxylation is 2. The second-order valence-corrected chi connectivity index (χ2v) is 9.66. The van der Waals surface area contributed by atoms with E-state index in [1.54, 1.807) is 0 Å². The van der Waals surface area contributed by atoms with Crippen LogP contribution < -0.4 is 0 Å². The van der Waals surface area contributed by atoms with E-state index in [1.165, 1.54) is 5.57 Å². The number of fused-ring (bicyclic) bond motifs is 3. The van der Waals surface area contributed by atoms with E-state index in [1.807, 2.05) is 26.0 Å². The Balaban J connectivity index is 1.54. The Labute approximate surface area is 205 Å². The van der Waals surface area contributed by atoms with Crippen molar-refractivity contribution in [3.8, 4) is 5.75 Å². The third-order valence-electron chi connectivity index (χ3n) is 7.62. The number of carbonyl (C=O) groups excluding carboxylic acids is 3. The van der Waals surface area contributed by atoms with Crippen molar-refractivity contribution in [2.24, 2.45) is 17.8 Å². The summed E-state index contributed by atoms with van der Waals surface area (Å²) in [5.41, 5.74) is 5.57. The van der Waals surface area contributed by atoms with Crippen LogP contribution in [0.25, 0.3) is 6.08 Å². The number of allylic oxidation sites excluding steroid dienone is 1. The van der Waals surface area contributed by atoms with E-state index in [0.29, 0.717) is 17.1 Å². The van der Waals surface area contributed by atoms with Crippen LogP contribution in [0.5, 0.6) is 5.75 Å². The van der Waals surface area contributed by atoms with Gasteiger partial charge in [0, 0.05) is 5.92 Å². The van der Waals surface area contributed by atoms with Crippen LogP contribution >= 0.6 is 0 Å². The Morgan fingerprint density at radius 2 is 1.89 bits per heavy atom. The van der Waals surface area contributed by atoms with Gasteiger partial charge in [0.15, 0.2) is 0 Å². The number of ether oxygens (including phenoxy) is 2. The molecule has 2 aliphatic heterocycles. The first-order valence-corrected chi connectivity index (χ1v) is 12.1. The minimum atomic E-state index is -0.964.